The fourth-order valence-electron chi connectivity index (χ4n) is 1.58. The highest BCUT2D eigenvalue weighted by Gasteiger charge is 2.27. The molecular formula is C14H15NO3. The van der Waals surface area contributed by atoms with Crippen molar-refractivity contribution in [3.05, 3.63) is 35.4 Å². The van der Waals surface area contributed by atoms with Crippen LogP contribution in [-0.2, 0) is 14.3 Å². The molecule has 1 rings (SSSR count). The zero-order valence-electron chi connectivity index (χ0n) is 10.6. The number of esters is 1. The smallest absolute Gasteiger partial charge is 0.376 e. The maximum atomic E-state index is 11.6. The molecule has 4 heteroatoms. The van der Waals surface area contributed by atoms with Gasteiger partial charge >= 0.3 is 5.97 Å². The SMILES string of the molecule is COC(=O)C(=O)C(C#N)c1ccc(C(C)C)cc1. The molecule has 0 heterocycles. The number of rotatable bonds is 4. The van der Waals surface area contributed by atoms with E-state index in [1.807, 2.05) is 18.2 Å². The summed E-state index contributed by atoms with van der Waals surface area (Å²) in [6.45, 7) is 4.10. The zero-order valence-corrected chi connectivity index (χ0v) is 10.6. The van der Waals surface area contributed by atoms with Crippen molar-refractivity contribution in [3.63, 3.8) is 0 Å². The lowest BCUT2D eigenvalue weighted by atomic mass is 9.93. The highest BCUT2D eigenvalue weighted by atomic mass is 16.5. The Hall–Kier alpha value is -2.15. The number of carbonyl (C=O) groups excluding carboxylic acids is 2. The minimum Gasteiger partial charge on any atom is -0.463 e. The Morgan fingerprint density at radius 2 is 1.67 bits per heavy atom. The van der Waals surface area contributed by atoms with Crippen molar-refractivity contribution >= 4 is 11.8 Å². The van der Waals surface area contributed by atoms with Crippen LogP contribution in [0.1, 0.15) is 36.8 Å². The van der Waals surface area contributed by atoms with Crippen molar-refractivity contribution in [3.8, 4) is 6.07 Å². The molecule has 1 unspecified atom stereocenters. The molecule has 0 spiro atoms. The quantitative estimate of drug-likeness (QED) is 0.602. The highest BCUT2D eigenvalue weighted by Crippen LogP contribution is 2.20. The Labute approximate surface area is 106 Å². The summed E-state index contributed by atoms with van der Waals surface area (Å²) in [5.74, 6) is -2.55. The second-order valence-corrected chi connectivity index (χ2v) is 4.24. The number of nitrogens with zero attached hydrogens (tertiary/aromatic N) is 1. The molecule has 0 radical (unpaired) electrons. The molecule has 0 aliphatic carbocycles. The number of ketones is 1. The predicted molar refractivity (Wildman–Crippen MR) is 65.9 cm³/mol. The van der Waals surface area contributed by atoms with Crippen molar-refractivity contribution < 1.29 is 14.3 Å². The maximum absolute atomic E-state index is 11.6. The Bertz CT molecular complexity index is 483. The minimum atomic E-state index is -1.10. The van der Waals surface area contributed by atoms with E-state index in [9.17, 15) is 9.59 Å². The molecule has 1 aromatic rings. The molecule has 0 fully saturated rings. The van der Waals surface area contributed by atoms with Crippen LogP contribution in [0.2, 0.25) is 0 Å². The van der Waals surface area contributed by atoms with E-state index < -0.39 is 17.7 Å². The molecule has 0 aromatic heterocycles. The van der Waals surface area contributed by atoms with E-state index >= 15 is 0 Å². The molecule has 1 atom stereocenters. The molecule has 0 amide bonds. The standard InChI is InChI=1S/C14H15NO3/c1-9(2)10-4-6-11(7-5-10)12(8-15)13(16)14(17)18-3/h4-7,9,12H,1-3H3. The summed E-state index contributed by atoms with van der Waals surface area (Å²) in [5, 5.41) is 8.99. The van der Waals surface area contributed by atoms with Gasteiger partial charge in [-0.3, -0.25) is 4.79 Å². The average Bonchev–Trinajstić information content (AvgIpc) is 2.39. The molecule has 0 N–H and O–H groups in total. The Kier molecular flexibility index (Phi) is 4.61. The van der Waals surface area contributed by atoms with Crippen molar-refractivity contribution in [2.24, 2.45) is 0 Å². The monoisotopic (exact) mass is 245 g/mol. The molecule has 0 aliphatic rings. The number of nitriles is 1. The van der Waals surface area contributed by atoms with E-state index in [0.717, 1.165) is 12.7 Å². The third-order valence-corrected chi connectivity index (χ3v) is 2.71. The first-order valence-corrected chi connectivity index (χ1v) is 5.62. The number of ether oxygens (including phenoxy) is 1. The molecule has 94 valence electrons. The number of Topliss-reactive ketones (excluding diaryl/α,β-unsaturated/α-hetero) is 1. The van der Waals surface area contributed by atoms with E-state index in [1.165, 1.54) is 0 Å². The van der Waals surface area contributed by atoms with Gasteiger partial charge in [-0.2, -0.15) is 5.26 Å². The van der Waals surface area contributed by atoms with Crippen molar-refractivity contribution in [2.45, 2.75) is 25.7 Å². The van der Waals surface area contributed by atoms with E-state index in [4.69, 9.17) is 5.26 Å². The van der Waals surface area contributed by atoms with E-state index in [-0.39, 0.29) is 0 Å². The first-order valence-electron chi connectivity index (χ1n) is 5.62. The van der Waals surface area contributed by atoms with Gasteiger partial charge in [-0.1, -0.05) is 38.1 Å². The van der Waals surface area contributed by atoms with Crippen LogP contribution in [0.5, 0.6) is 0 Å². The molecule has 0 saturated carbocycles. The normalized spacial score (nSPS) is 11.7. The average molecular weight is 245 g/mol. The van der Waals surface area contributed by atoms with Crippen LogP contribution in [0.15, 0.2) is 24.3 Å². The summed E-state index contributed by atoms with van der Waals surface area (Å²) in [6, 6.07) is 8.94. The minimum absolute atomic E-state index is 0.371. The van der Waals surface area contributed by atoms with Crippen molar-refractivity contribution in [1.29, 1.82) is 5.26 Å². The van der Waals surface area contributed by atoms with E-state index in [0.29, 0.717) is 11.5 Å². The van der Waals surface area contributed by atoms with Crippen LogP contribution in [0, 0.1) is 11.3 Å². The van der Waals surface area contributed by atoms with Crippen LogP contribution in [0.4, 0.5) is 0 Å². The molecule has 1 aromatic carbocycles. The lowest BCUT2D eigenvalue weighted by molar-refractivity contribution is -0.151. The summed E-state index contributed by atoms with van der Waals surface area (Å²) in [5.41, 5.74) is 1.62. The van der Waals surface area contributed by atoms with E-state index in [2.05, 4.69) is 18.6 Å². The molecular weight excluding hydrogens is 230 g/mol. The first-order chi connectivity index (χ1) is 8.51. The number of benzene rings is 1. The Morgan fingerprint density at radius 1 is 1.17 bits per heavy atom. The van der Waals surface area contributed by atoms with Gasteiger partial charge in [-0.25, -0.2) is 4.79 Å². The number of hydrogen-bond acceptors (Lipinski definition) is 4. The second-order valence-electron chi connectivity index (χ2n) is 4.24. The van der Waals surface area contributed by atoms with Gasteiger partial charge in [-0.05, 0) is 17.0 Å². The van der Waals surface area contributed by atoms with Crippen LogP contribution in [-0.4, -0.2) is 18.9 Å². The van der Waals surface area contributed by atoms with Gasteiger partial charge in [0.1, 0.15) is 5.92 Å². The van der Waals surface area contributed by atoms with Crippen molar-refractivity contribution in [2.75, 3.05) is 7.11 Å². The largest absolute Gasteiger partial charge is 0.463 e. The summed E-state index contributed by atoms with van der Waals surface area (Å²) in [7, 11) is 1.12. The molecule has 0 aliphatic heterocycles. The molecule has 0 bridgehead atoms. The lowest BCUT2D eigenvalue weighted by Gasteiger charge is -2.09. The van der Waals surface area contributed by atoms with Gasteiger partial charge in [0.2, 0.25) is 0 Å². The van der Waals surface area contributed by atoms with Crippen molar-refractivity contribution in [1.82, 2.24) is 0 Å². The molecule has 18 heavy (non-hydrogen) atoms. The lowest BCUT2D eigenvalue weighted by Crippen LogP contribution is -2.22. The van der Waals surface area contributed by atoms with Gasteiger partial charge < -0.3 is 4.74 Å². The number of methoxy groups -OCH3 is 1. The predicted octanol–water partition coefficient (Wildman–Crippen LogP) is 2.16. The number of hydrogen-bond donors (Lipinski definition) is 0. The van der Waals surface area contributed by atoms with Gasteiger partial charge in [0.25, 0.3) is 5.78 Å². The maximum Gasteiger partial charge on any atom is 0.376 e. The van der Waals surface area contributed by atoms with Gasteiger partial charge in [0.15, 0.2) is 0 Å². The summed E-state index contributed by atoms with van der Waals surface area (Å²) in [4.78, 5) is 22.8. The van der Waals surface area contributed by atoms with Gasteiger partial charge in [-0.15, -0.1) is 0 Å². The summed E-state index contributed by atoms with van der Waals surface area (Å²) < 4.78 is 4.34. The molecule has 0 saturated heterocycles. The van der Waals surface area contributed by atoms with Crippen LogP contribution < -0.4 is 0 Å². The van der Waals surface area contributed by atoms with Gasteiger partial charge in [0, 0.05) is 0 Å². The summed E-state index contributed by atoms with van der Waals surface area (Å²) in [6.07, 6.45) is 0. The molecule has 4 nitrogen and oxygen atoms in total. The fraction of sp³-hybridized carbons (Fsp3) is 0.357. The first kappa shape index (κ1) is 13.9. The zero-order chi connectivity index (χ0) is 13.7. The third-order valence-electron chi connectivity index (χ3n) is 2.71. The topological polar surface area (TPSA) is 67.2 Å². The third kappa shape index (κ3) is 2.95. The van der Waals surface area contributed by atoms with Crippen LogP contribution in [0.3, 0.4) is 0 Å². The summed E-state index contributed by atoms with van der Waals surface area (Å²) >= 11 is 0. The fourth-order valence-corrected chi connectivity index (χ4v) is 1.58. The Morgan fingerprint density at radius 3 is 2.06 bits per heavy atom. The van der Waals surface area contributed by atoms with Crippen LogP contribution in [0.25, 0.3) is 0 Å². The van der Waals surface area contributed by atoms with Crippen LogP contribution >= 0.6 is 0 Å². The highest BCUT2D eigenvalue weighted by molar-refractivity contribution is 6.36. The number of carbonyl (C=O) groups is 2. The second kappa shape index (κ2) is 5.97. The van der Waals surface area contributed by atoms with Gasteiger partial charge in [0.05, 0.1) is 13.2 Å². The van der Waals surface area contributed by atoms with E-state index in [1.54, 1.807) is 12.1 Å². The Balaban J connectivity index is 3.00.